The lowest BCUT2D eigenvalue weighted by Gasteiger charge is -2.33. The van der Waals surface area contributed by atoms with E-state index in [4.69, 9.17) is 8.83 Å². The molecule has 6 aromatic carbocycles. The number of hydrogen-bond acceptors (Lipinski definition) is 3. The predicted octanol–water partition coefficient (Wildman–Crippen LogP) is 11.4. The molecule has 0 bridgehead atoms. The number of benzene rings is 6. The molecule has 0 amide bonds. The molecule has 0 saturated carbocycles. The van der Waals surface area contributed by atoms with Gasteiger partial charge >= 0.3 is 7.44 Å². The summed E-state index contributed by atoms with van der Waals surface area (Å²) in [5.41, 5.74) is 9.85. The maximum atomic E-state index is 15.9. The van der Waals surface area contributed by atoms with Gasteiger partial charge in [-0.25, -0.2) is 0 Å². The highest BCUT2D eigenvalue weighted by molar-refractivity contribution is 7.76. The summed E-state index contributed by atoms with van der Waals surface area (Å²) in [5, 5.41) is 3.04. The minimum atomic E-state index is -3.43. The largest absolute Gasteiger partial charge is 0.452 e. The van der Waals surface area contributed by atoms with Crippen LogP contribution in [0, 0.1) is 0 Å². The van der Waals surface area contributed by atoms with Crippen molar-refractivity contribution in [2.75, 3.05) is 9.34 Å². The molecule has 0 spiro atoms. The molecule has 3 heterocycles. The Bertz CT molecular complexity index is 2560. The molecule has 10 rings (SSSR count). The van der Waals surface area contributed by atoms with Crippen molar-refractivity contribution >= 4 is 57.4 Å². The summed E-state index contributed by atoms with van der Waals surface area (Å²) in [6.07, 6.45) is 1.80. The quantitative estimate of drug-likeness (QED) is 0.179. The molecule has 8 aromatic rings. The van der Waals surface area contributed by atoms with Gasteiger partial charge < -0.3 is 8.83 Å². The van der Waals surface area contributed by atoms with Gasteiger partial charge in [-0.15, -0.1) is 0 Å². The fraction of sp³-hybridized carbons (Fsp3) is 0.0476. The Morgan fingerprint density at radius 2 is 1.00 bits per heavy atom. The van der Waals surface area contributed by atoms with Gasteiger partial charge in [0.15, 0.2) is 11.5 Å². The van der Waals surface area contributed by atoms with Crippen LogP contribution in [0.1, 0.15) is 11.1 Å². The molecule has 1 unspecified atom stereocenters. The highest BCUT2D eigenvalue weighted by Gasteiger charge is 2.49. The highest BCUT2D eigenvalue weighted by atomic mass is 31.2. The smallest absolute Gasteiger partial charge is 0.301 e. The van der Waals surface area contributed by atoms with Crippen molar-refractivity contribution < 1.29 is 13.4 Å². The Morgan fingerprint density at radius 3 is 1.69 bits per heavy atom. The zero-order valence-corrected chi connectivity index (χ0v) is 26.8. The van der Waals surface area contributed by atoms with Crippen molar-refractivity contribution in [2.24, 2.45) is 0 Å². The van der Waals surface area contributed by atoms with Crippen LogP contribution in [0.4, 0.5) is 22.7 Å². The third-order valence-corrected chi connectivity index (χ3v) is 12.7. The van der Waals surface area contributed by atoms with E-state index in [1.54, 1.807) is 0 Å². The number of rotatable bonds is 4. The molecule has 2 aromatic heterocycles. The van der Waals surface area contributed by atoms with Crippen LogP contribution >= 0.6 is 7.44 Å². The van der Waals surface area contributed by atoms with Gasteiger partial charge in [0.2, 0.25) is 0 Å². The van der Waals surface area contributed by atoms with Gasteiger partial charge in [-0.3, -0.25) is 13.9 Å². The fourth-order valence-corrected chi connectivity index (χ4v) is 10.6. The van der Waals surface area contributed by atoms with E-state index in [9.17, 15) is 0 Å². The molecule has 230 valence electrons. The van der Waals surface area contributed by atoms with Gasteiger partial charge in [0.25, 0.3) is 0 Å². The van der Waals surface area contributed by atoms with Crippen LogP contribution in [-0.4, -0.2) is 0 Å². The van der Waals surface area contributed by atoms with E-state index in [0.29, 0.717) is 0 Å². The summed E-state index contributed by atoms with van der Waals surface area (Å²) in [4.78, 5) is 0. The molecule has 0 N–H and O–H groups in total. The topological polar surface area (TPSA) is 49.8 Å². The van der Waals surface area contributed by atoms with Gasteiger partial charge in [0.1, 0.15) is 11.2 Å². The SMILES string of the molecule is O=P1(c2ccccc2)N(c2ccccc2)c2ccc(-c3ccc4oc5c(c4c3)CCc3c-5oc4ccccc34)cc2N1c1ccccc1. The van der Waals surface area contributed by atoms with Crippen LogP contribution in [0.25, 0.3) is 44.6 Å². The zero-order chi connectivity index (χ0) is 31.8. The van der Waals surface area contributed by atoms with Crippen LogP contribution in [0.2, 0.25) is 0 Å². The molecule has 1 aliphatic heterocycles. The third kappa shape index (κ3) is 3.89. The van der Waals surface area contributed by atoms with Crippen molar-refractivity contribution in [2.45, 2.75) is 12.8 Å². The number of hydrogen-bond donors (Lipinski definition) is 0. The number of anilines is 4. The first-order valence-corrected chi connectivity index (χ1v) is 17.9. The van der Waals surface area contributed by atoms with Crippen molar-refractivity contribution in [3.05, 3.63) is 163 Å². The Balaban J connectivity index is 1.16. The summed E-state index contributed by atoms with van der Waals surface area (Å²) < 4.78 is 32.8. The molecular weight excluding hydrogens is 611 g/mol. The third-order valence-electron chi connectivity index (χ3n) is 9.72. The molecular formula is C42H29N2O3P. The van der Waals surface area contributed by atoms with E-state index in [1.165, 1.54) is 11.1 Å². The lowest BCUT2D eigenvalue weighted by atomic mass is 9.92. The molecule has 6 heteroatoms. The first-order valence-electron chi connectivity index (χ1n) is 16.3. The van der Waals surface area contributed by atoms with E-state index in [-0.39, 0.29) is 0 Å². The zero-order valence-electron chi connectivity index (χ0n) is 25.9. The monoisotopic (exact) mass is 640 g/mol. The van der Waals surface area contributed by atoms with E-state index < -0.39 is 7.44 Å². The van der Waals surface area contributed by atoms with E-state index >= 15 is 4.57 Å². The van der Waals surface area contributed by atoms with Gasteiger partial charge in [0.05, 0.1) is 16.7 Å². The summed E-state index contributed by atoms with van der Waals surface area (Å²) >= 11 is 0. The number of para-hydroxylation sites is 3. The van der Waals surface area contributed by atoms with Crippen molar-refractivity contribution in [1.29, 1.82) is 0 Å². The van der Waals surface area contributed by atoms with Crippen LogP contribution in [0.5, 0.6) is 0 Å². The predicted molar refractivity (Wildman–Crippen MR) is 195 cm³/mol. The van der Waals surface area contributed by atoms with Crippen molar-refractivity contribution in [1.82, 2.24) is 0 Å². The second-order valence-electron chi connectivity index (χ2n) is 12.4. The first-order chi connectivity index (χ1) is 23.7. The number of furan rings is 2. The first kappa shape index (κ1) is 27.4. The van der Waals surface area contributed by atoms with E-state index in [0.717, 1.165) is 85.5 Å². The van der Waals surface area contributed by atoms with Crippen molar-refractivity contribution in [3.8, 4) is 22.6 Å². The highest BCUT2D eigenvalue weighted by Crippen LogP contribution is 2.70. The molecule has 5 nitrogen and oxygen atoms in total. The Labute approximate surface area is 277 Å². The van der Waals surface area contributed by atoms with Crippen LogP contribution in [-0.2, 0) is 17.4 Å². The average Bonchev–Trinajstić information content (AvgIpc) is 3.80. The number of aryl methyl sites for hydroxylation is 2. The number of fused-ring (bicyclic) bond motifs is 8. The molecule has 48 heavy (non-hydrogen) atoms. The van der Waals surface area contributed by atoms with Gasteiger partial charge in [-0.05, 0) is 90.7 Å². The normalized spacial score (nSPS) is 16.7. The summed E-state index contributed by atoms with van der Waals surface area (Å²) in [6.45, 7) is 0. The summed E-state index contributed by atoms with van der Waals surface area (Å²) in [6, 6.07) is 51.1. The second kappa shape index (κ2) is 10.4. The van der Waals surface area contributed by atoms with Crippen LogP contribution in [0.3, 0.4) is 0 Å². The van der Waals surface area contributed by atoms with E-state index in [2.05, 4.69) is 53.2 Å². The molecule has 1 aliphatic carbocycles. The lowest BCUT2D eigenvalue weighted by Crippen LogP contribution is -2.26. The van der Waals surface area contributed by atoms with E-state index in [1.807, 2.05) is 108 Å². The van der Waals surface area contributed by atoms with Gasteiger partial charge in [0, 0.05) is 33.3 Å². The summed E-state index contributed by atoms with van der Waals surface area (Å²) in [7, 11) is -3.43. The minimum Gasteiger partial charge on any atom is -0.452 e. The standard InChI is InChI=1S/C42H29N2O3P/c45-48(32-16-8-3-9-17-32)43(30-12-4-1-5-13-30)37-24-20-29(27-38(37)44(48)31-14-6-2-7-15-31)28-21-25-40-36(26-28)35-23-22-34-33-18-10-11-19-39(33)46-41(34)42(35)47-40/h1-21,24-27H,22-23H2. The average molecular weight is 641 g/mol. The lowest BCUT2D eigenvalue weighted by molar-refractivity contribution is 0.556. The summed E-state index contributed by atoms with van der Waals surface area (Å²) in [5.74, 6) is 1.69. The minimum absolute atomic E-state index is 0.770. The van der Waals surface area contributed by atoms with Crippen LogP contribution in [0.15, 0.2) is 160 Å². The second-order valence-corrected chi connectivity index (χ2v) is 14.8. The molecule has 1 atom stereocenters. The Hall–Kier alpha value is -5.77. The molecule has 0 saturated heterocycles. The van der Waals surface area contributed by atoms with Gasteiger partial charge in [-0.2, -0.15) is 0 Å². The molecule has 0 fully saturated rings. The molecule has 2 aliphatic rings. The van der Waals surface area contributed by atoms with Crippen molar-refractivity contribution in [3.63, 3.8) is 0 Å². The maximum Gasteiger partial charge on any atom is 0.301 e. The Kier molecular flexibility index (Phi) is 5.91. The fourth-order valence-electron chi connectivity index (χ4n) is 7.56. The van der Waals surface area contributed by atoms with Gasteiger partial charge in [-0.1, -0.05) is 84.9 Å². The maximum absolute atomic E-state index is 15.9. The molecule has 0 radical (unpaired) electrons. The number of nitrogens with zero attached hydrogens (tertiary/aromatic N) is 2. The van der Waals surface area contributed by atoms with Crippen LogP contribution < -0.4 is 14.6 Å². The Morgan fingerprint density at radius 1 is 0.479 bits per heavy atom.